The van der Waals surface area contributed by atoms with Crippen LogP contribution < -0.4 is 5.32 Å². The summed E-state index contributed by atoms with van der Waals surface area (Å²) in [7, 11) is 0. The van der Waals surface area contributed by atoms with E-state index in [0.29, 0.717) is 35.8 Å². The van der Waals surface area contributed by atoms with Gasteiger partial charge < -0.3 is 24.6 Å². The second-order valence-electron chi connectivity index (χ2n) is 12.3. The first-order valence-electron chi connectivity index (χ1n) is 12.1. The standard InChI is InChI=1S/C24H41N3O4/c1-23(2,3)30-21(28)26-11-15-7-19(8-16(15)12-26)25-20-9-17-13-27(14-18(17)10-20)22(29)31-24(4,5)6/h15-20,25H,7-14H2,1-6H3/t15-,16+,17-,18+,19?,20?. The van der Waals surface area contributed by atoms with Crippen molar-refractivity contribution in [1.29, 1.82) is 0 Å². The second-order valence-corrected chi connectivity index (χ2v) is 12.3. The van der Waals surface area contributed by atoms with Crippen molar-refractivity contribution in [2.45, 2.75) is 90.5 Å². The molecule has 0 spiro atoms. The maximum atomic E-state index is 12.4. The molecule has 4 rings (SSSR count). The number of rotatable bonds is 2. The highest BCUT2D eigenvalue weighted by atomic mass is 16.6. The van der Waals surface area contributed by atoms with E-state index in [1.807, 2.05) is 51.3 Å². The van der Waals surface area contributed by atoms with Crippen molar-refractivity contribution in [2.24, 2.45) is 23.7 Å². The molecule has 2 saturated carbocycles. The fourth-order valence-corrected chi connectivity index (χ4v) is 6.16. The third-order valence-electron chi connectivity index (χ3n) is 7.28. The summed E-state index contributed by atoms with van der Waals surface area (Å²) < 4.78 is 11.1. The van der Waals surface area contributed by atoms with Crippen LogP contribution in [0.3, 0.4) is 0 Å². The van der Waals surface area contributed by atoms with Crippen LogP contribution in [0.25, 0.3) is 0 Å². The summed E-state index contributed by atoms with van der Waals surface area (Å²) in [5, 5.41) is 3.93. The summed E-state index contributed by atoms with van der Waals surface area (Å²) >= 11 is 0. The predicted octanol–water partition coefficient (Wildman–Crippen LogP) is 3.87. The zero-order valence-corrected chi connectivity index (χ0v) is 20.1. The highest BCUT2D eigenvalue weighted by Crippen LogP contribution is 2.42. The number of hydrogen-bond donors (Lipinski definition) is 1. The number of fused-ring (bicyclic) bond motifs is 2. The number of nitrogens with zero attached hydrogens (tertiary/aromatic N) is 2. The van der Waals surface area contributed by atoms with Gasteiger partial charge in [0.1, 0.15) is 11.2 Å². The zero-order chi connectivity index (χ0) is 22.6. The van der Waals surface area contributed by atoms with Crippen LogP contribution in [0.1, 0.15) is 67.2 Å². The van der Waals surface area contributed by atoms with Crippen LogP contribution in [0.5, 0.6) is 0 Å². The number of likely N-dealkylation sites (tertiary alicyclic amines) is 2. The highest BCUT2D eigenvalue weighted by Gasteiger charge is 2.47. The summed E-state index contributed by atoms with van der Waals surface area (Å²) in [6, 6.07) is 1.11. The fourth-order valence-electron chi connectivity index (χ4n) is 6.16. The number of hydrogen-bond acceptors (Lipinski definition) is 5. The van der Waals surface area contributed by atoms with Crippen LogP contribution in [0.15, 0.2) is 0 Å². The van der Waals surface area contributed by atoms with Crippen LogP contribution in [0.4, 0.5) is 9.59 Å². The van der Waals surface area contributed by atoms with Crippen molar-refractivity contribution in [2.75, 3.05) is 26.2 Å². The molecule has 2 aliphatic heterocycles. The number of ether oxygens (including phenoxy) is 2. The Hall–Kier alpha value is -1.50. The molecule has 7 nitrogen and oxygen atoms in total. The van der Waals surface area contributed by atoms with E-state index in [4.69, 9.17) is 9.47 Å². The maximum absolute atomic E-state index is 12.4. The molecule has 0 aromatic heterocycles. The molecule has 2 saturated heterocycles. The minimum Gasteiger partial charge on any atom is -0.444 e. The van der Waals surface area contributed by atoms with Crippen LogP contribution in [-0.2, 0) is 9.47 Å². The molecular formula is C24H41N3O4. The van der Waals surface area contributed by atoms with Gasteiger partial charge in [0.05, 0.1) is 0 Å². The lowest BCUT2D eigenvalue weighted by atomic mass is 10.0. The third kappa shape index (κ3) is 5.47. The normalized spacial score (nSPS) is 35.3. The van der Waals surface area contributed by atoms with E-state index in [2.05, 4.69) is 5.32 Å². The summed E-state index contributed by atoms with van der Waals surface area (Å²) in [5.74, 6) is 2.37. The van der Waals surface area contributed by atoms with Gasteiger partial charge in [-0.05, 0) is 90.9 Å². The molecule has 0 aromatic rings. The molecule has 2 heterocycles. The average molecular weight is 436 g/mol. The van der Waals surface area contributed by atoms with Gasteiger partial charge in [-0.3, -0.25) is 0 Å². The minimum atomic E-state index is -0.432. The van der Waals surface area contributed by atoms with Crippen molar-refractivity contribution in [3.8, 4) is 0 Å². The lowest BCUT2D eigenvalue weighted by Crippen LogP contribution is -2.40. The van der Waals surface area contributed by atoms with Gasteiger partial charge in [-0.15, -0.1) is 0 Å². The lowest BCUT2D eigenvalue weighted by Gasteiger charge is -2.27. The Bertz CT molecular complexity index is 612. The van der Waals surface area contributed by atoms with E-state index in [1.54, 1.807) is 0 Å². The van der Waals surface area contributed by atoms with Crippen molar-refractivity contribution in [1.82, 2.24) is 15.1 Å². The Morgan fingerprint density at radius 3 is 1.19 bits per heavy atom. The monoisotopic (exact) mass is 435 g/mol. The Kier molecular flexibility index (Phi) is 5.95. The molecule has 0 radical (unpaired) electrons. The molecule has 4 fully saturated rings. The van der Waals surface area contributed by atoms with Crippen LogP contribution in [0, 0.1) is 23.7 Å². The maximum Gasteiger partial charge on any atom is 0.410 e. The number of amides is 2. The fraction of sp³-hybridized carbons (Fsp3) is 0.917. The second kappa shape index (κ2) is 8.13. The number of carbonyl (C=O) groups is 2. The molecule has 2 amide bonds. The molecule has 31 heavy (non-hydrogen) atoms. The molecule has 6 atom stereocenters. The Morgan fingerprint density at radius 2 is 0.935 bits per heavy atom. The van der Waals surface area contributed by atoms with Crippen LogP contribution in [0.2, 0.25) is 0 Å². The van der Waals surface area contributed by atoms with Gasteiger partial charge in [0, 0.05) is 38.3 Å². The van der Waals surface area contributed by atoms with Gasteiger partial charge >= 0.3 is 12.2 Å². The summed E-state index contributed by atoms with van der Waals surface area (Å²) in [6.45, 7) is 14.9. The molecule has 1 N–H and O–H groups in total. The van der Waals surface area contributed by atoms with E-state index in [0.717, 1.165) is 51.9 Å². The zero-order valence-electron chi connectivity index (χ0n) is 20.1. The quantitative estimate of drug-likeness (QED) is 0.713. The Morgan fingerprint density at radius 1 is 0.645 bits per heavy atom. The molecule has 176 valence electrons. The number of nitrogens with one attached hydrogen (secondary N) is 1. The predicted molar refractivity (Wildman–Crippen MR) is 119 cm³/mol. The van der Waals surface area contributed by atoms with Gasteiger partial charge in [0.2, 0.25) is 0 Å². The topological polar surface area (TPSA) is 71.1 Å². The van der Waals surface area contributed by atoms with Gasteiger partial charge in [-0.25, -0.2) is 9.59 Å². The Balaban J connectivity index is 1.19. The average Bonchev–Trinajstić information content (AvgIpc) is 3.29. The van der Waals surface area contributed by atoms with Crippen molar-refractivity contribution >= 4 is 12.2 Å². The van der Waals surface area contributed by atoms with Gasteiger partial charge in [-0.1, -0.05) is 0 Å². The van der Waals surface area contributed by atoms with E-state index >= 15 is 0 Å². The van der Waals surface area contributed by atoms with Crippen molar-refractivity contribution in [3.05, 3.63) is 0 Å². The van der Waals surface area contributed by atoms with E-state index in [9.17, 15) is 9.59 Å². The van der Waals surface area contributed by atoms with Gasteiger partial charge in [0.15, 0.2) is 0 Å². The first kappa shape index (κ1) is 22.7. The number of carbonyl (C=O) groups excluding carboxylic acids is 2. The van der Waals surface area contributed by atoms with Crippen LogP contribution in [-0.4, -0.2) is 71.5 Å². The molecule has 7 heteroatoms. The third-order valence-corrected chi connectivity index (χ3v) is 7.28. The van der Waals surface area contributed by atoms with E-state index in [-0.39, 0.29) is 12.2 Å². The first-order chi connectivity index (χ1) is 14.4. The highest BCUT2D eigenvalue weighted by molar-refractivity contribution is 5.69. The van der Waals surface area contributed by atoms with E-state index < -0.39 is 11.2 Å². The van der Waals surface area contributed by atoms with Crippen LogP contribution >= 0.6 is 0 Å². The molecule has 0 aromatic carbocycles. The molecule has 2 aliphatic carbocycles. The molecule has 2 unspecified atom stereocenters. The Labute approximate surface area is 187 Å². The molecular weight excluding hydrogens is 394 g/mol. The largest absolute Gasteiger partial charge is 0.444 e. The summed E-state index contributed by atoms with van der Waals surface area (Å²) in [5.41, 5.74) is -0.864. The SMILES string of the molecule is CC(C)(C)OC(=O)N1C[C@H]2CC(NC3C[C@@H]4CN(C(=O)OC(C)(C)C)C[C@@H]4C3)C[C@H]2C1. The lowest BCUT2D eigenvalue weighted by molar-refractivity contribution is 0.0271. The van der Waals surface area contributed by atoms with Crippen molar-refractivity contribution in [3.63, 3.8) is 0 Å². The van der Waals surface area contributed by atoms with Gasteiger partial charge in [0.25, 0.3) is 0 Å². The molecule has 0 bridgehead atoms. The van der Waals surface area contributed by atoms with E-state index in [1.165, 1.54) is 0 Å². The summed E-state index contributed by atoms with van der Waals surface area (Å²) in [6.07, 6.45) is 4.29. The first-order valence-corrected chi connectivity index (χ1v) is 12.1. The minimum absolute atomic E-state index is 0.162. The molecule has 4 aliphatic rings. The van der Waals surface area contributed by atoms with Gasteiger partial charge in [-0.2, -0.15) is 0 Å². The smallest absolute Gasteiger partial charge is 0.410 e. The summed E-state index contributed by atoms with van der Waals surface area (Å²) in [4.78, 5) is 28.5. The van der Waals surface area contributed by atoms with Crippen molar-refractivity contribution < 1.29 is 19.1 Å².